The van der Waals surface area contributed by atoms with Crippen LogP contribution in [0.5, 0.6) is 5.88 Å². The molecule has 0 aliphatic rings. The minimum atomic E-state index is -3.84. The van der Waals surface area contributed by atoms with Gasteiger partial charge in [0, 0.05) is 39.6 Å². The van der Waals surface area contributed by atoms with Crippen LogP contribution in [-0.2, 0) is 10.0 Å². The summed E-state index contributed by atoms with van der Waals surface area (Å²) < 4.78 is 33.6. The van der Waals surface area contributed by atoms with E-state index in [0.717, 1.165) is 10.0 Å². The number of methoxy groups -OCH3 is 1. The van der Waals surface area contributed by atoms with Crippen LogP contribution in [0.4, 0.5) is 5.69 Å². The van der Waals surface area contributed by atoms with E-state index in [1.54, 1.807) is 48.9 Å². The summed E-state index contributed by atoms with van der Waals surface area (Å²) in [7, 11) is -2.36. The number of nitrogens with two attached hydrogens (primary N) is 1. The summed E-state index contributed by atoms with van der Waals surface area (Å²) in [6.45, 7) is 1.90. The second kappa shape index (κ2) is 7.16. The first-order valence-corrected chi connectivity index (χ1v) is 10.8. The molecule has 0 amide bonds. The third kappa shape index (κ3) is 3.36. The molecule has 0 radical (unpaired) electrons. The molecule has 1 aromatic carbocycles. The maximum absolute atomic E-state index is 13.3. The topological polar surface area (TPSA) is 100 Å². The van der Waals surface area contributed by atoms with Crippen LogP contribution in [-0.4, -0.2) is 29.5 Å². The number of fused-ring (bicyclic) bond motifs is 1. The maximum Gasteiger partial charge on any atom is 0.269 e. The van der Waals surface area contributed by atoms with E-state index in [9.17, 15) is 8.42 Å². The molecule has 0 bridgehead atoms. The molecule has 29 heavy (non-hydrogen) atoms. The highest BCUT2D eigenvalue weighted by Crippen LogP contribution is 2.35. The number of nitrogen functional groups attached to an aromatic ring is 1. The normalized spacial score (nSPS) is 11.7. The Morgan fingerprint density at radius 2 is 1.83 bits per heavy atom. The molecule has 0 aliphatic carbocycles. The average molecular weight is 473 g/mol. The number of pyridine rings is 2. The summed E-state index contributed by atoms with van der Waals surface area (Å²) in [5.74, 6) is 0.309. The van der Waals surface area contributed by atoms with E-state index in [2.05, 4.69) is 25.9 Å². The van der Waals surface area contributed by atoms with Crippen LogP contribution in [0.1, 0.15) is 5.56 Å². The lowest BCUT2D eigenvalue weighted by atomic mass is 10.1. The van der Waals surface area contributed by atoms with Crippen LogP contribution in [0, 0.1) is 6.92 Å². The molecule has 4 rings (SSSR count). The number of hydrogen-bond acceptors (Lipinski definition) is 6. The van der Waals surface area contributed by atoms with E-state index in [1.165, 1.54) is 11.1 Å². The van der Waals surface area contributed by atoms with Crippen molar-refractivity contribution in [2.45, 2.75) is 11.8 Å². The van der Waals surface area contributed by atoms with Crippen LogP contribution in [0.25, 0.3) is 22.2 Å². The maximum atomic E-state index is 13.3. The lowest BCUT2D eigenvalue weighted by molar-refractivity contribution is 0.400. The van der Waals surface area contributed by atoms with Crippen molar-refractivity contribution in [3.8, 4) is 17.0 Å². The van der Waals surface area contributed by atoms with Gasteiger partial charge in [0.25, 0.3) is 10.0 Å². The molecule has 3 aromatic heterocycles. The lowest BCUT2D eigenvalue weighted by Gasteiger charge is -2.07. The number of nitrogens with zero attached hydrogens (tertiary/aromatic N) is 3. The number of anilines is 1. The summed E-state index contributed by atoms with van der Waals surface area (Å²) in [6, 6.07) is 10.2. The van der Waals surface area contributed by atoms with Gasteiger partial charge in [-0.25, -0.2) is 22.4 Å². The van der Waals surface area contributed by atoms with Gasteiger partial charge in [0.05, 0.1) is 17.7 Å². The number of rotatable bonds is 4. The third-order valence-electron chi connectivity index (χ3n) is 4.54. The van der Waals surface area contributed by atoms with Crippen LogP contribution >= 0.6 is 15.9 Å². The van der Waals surface area contributed by atoms with E-state index in [4.69, 9.17) is 10.5 Å². The van der Waals surface area contributed by atoms with Crippen molar-refractivity contribution < 1.29 is 13.2 Å². The largest absolute Gasteiger partial charge is 0.480 e. The average Bonchev–Trinajstić information content (AvgIpc) is 3.07. The Hall–Kier alpha value is -2.91. The van der Waals surface area contributed by atoms with Crippen LogP contribution in [0.15, 0.2) is 64.4 Å². The fourth-order valence-electron chi connectivity index (χ4n) is 3.08. The number of ether oxygens (including phenoxy) is 1. The molecule has 0 spiro atoms. The van der Waals surface area contributed by atoms with Gasteiger partial charge in [-0.15, -0.1) is 0 Å². The van der Waals surface area contributed by atoms with E-state index < -0.39 is 10.0 Å². The van der Waals surface area contributed by atoms with Crippen molar-refractivity contribution in [1.29, 1.82) is 0 Å². The molecule has 0 atom stereocenters. The molecular formula is C20H17BrN4O3S. The fourth-order valence-corrected chi connectivity index (χ4v) is 4.73. The third-order valence-corrected chi connectivity index (χ3v) is 6.64. The fraction of sp³-hybridized carbons (Fsp3) is 0.100. The monoisotopic (exact) mass is 472 g/mol. The number of halogens is 1. The molecule has 0 aliphatic heterocycles. The quantitative estimate of drug-likeness (QED) is 0.481. The van der Waals surface area contributed by atoms with Crippen LogP contribution in [0.3, 0.4) is 0 Å². The van der Waals surface area contributed by atoms with Crippen molar-refractivity contribution in [1.82, 2.24) is 13.9 Å². The van der Waals surface area contributed by atoms with E-state index in [0.29, 0.717) is 33.7 Å². The second-order valence-electron chi connectivity index (χ2n) is 6.50. The van der Waals surface area contributed by atoms with E-state index in [-0.39, 0.29) is 4.90 Å². The van der Waals surface area contributed by atoms with E-state index >= 15 is 0 Å². The summed E-state index contributed by atoms with van der Waals surface area (Å²) in [5, 5.41) is 0.654. The van der Waals surface area contributed by atoms with Gasteiger partial charge in [-0.1, -0.05) is 17.7 Å². The van der Waals surface area contributed by atoms with Gasteiger partial charge >= 0.3 is 0 Å². The van der Waals surface area contributed by atoms with Gasteiger partial charge in [0.15, 0.2) is 5.65 Å². The Kier molecular flexibility index (Phi) is 4.79. The molecule has 0 fully saturated rings. The highest BCUT2D eigenvalue weighted by Gasteiger charge is 2.23. The first-order chi connectivity index (χ1) is 13.8. The van der Waals surface area contributed by atoms with Crippen molar-refractivity contribution >= 4 is 42.7 Å². The van der Waals surface area contributed by atoms with Gasteiger partial charge in [0.1, 0.15) is 0 Å². The molecule has 148 valence electrons. The van der Waals surface area contributed by atoms with Crippen LogP contribution in [0.2, 0.25) is 0 Å². The number of hydrogen-bond donors (Lipinski definition) is 1. The molecule has 7 nitrogen and oxygen atoms in total. The predicted molar refractivity (Wildman–Crippen MR) is 115 cm³/mol. The highest BCUT2D eigenvalue weighted by molar-refractivity contribution is 9.10. The first kappa shape index (κ1) is 19.4. The Bertz CT molecular complexity index is 1330. The summed E-state index contributed by atoms with van der Waals surface area (Å²) >= 11 is 3.41. The minimum absolute atomic E-state index is 0.184. The van der Waals surface area contributed by atoms with Crippen molar-refractivity contribution in [2.24, 2.45) is 0 Å². The van der Waals surface area contributed by atoms with Gasteiger partial charge in [-0.2, -0.15) is 0 Å². The van der Waals surface area contributed by atoms with Gasteiger partial charge in [-0.3, -0.25) is 0 Å². The van der Waals surface area contributed by atoms with Gasteiger partial charge in [-0.05, 0) is 47.1 Å². The minimum Gasteiger partial charge on any atom is -0.480 e. The molecular weight excluding hydrogens is 456 g/mol. The predicted octanol–water partition coefficient (Wildman–Crippen LogP) is 4.00. The zero-order valence-corrected chi connectivity index (χ0v) is 18.0. The number of benzene rings is 1. The Labute approximate surface area is 176 Å². The smallest absolute Gasteiger partial charge is 0.269 e. The molecule has 0 saturated heterocycles. The van der Waals surface area contributed by atoms with Crippen molar-refractivity contribution in [3.05, 3.63) is 65.0 Å². The van der Waals surface area contributed by atoms with Gasteiger partial charge in [0.2, 0.25) is 5.88 Å². The molecule has 9 heteroatoms. The molecule has 0 saturated carbocycles. The van der Waals surface area contributed by atoms with Gasteiger partial charge < -0.3 is 10.5 Å². The number of aromatic nitrogens is 3. The highest BCUT2D eigenvalue weighted by atomic mass is 79.9. The van der Waals surface area contributed by atoms with E-state index in [1.807, 2.05) is 13.0 Å². The molecule has 2 N–H and O–H groups in total. The standard InChI is InChI=1S/C20H17BrN4O3S/c1-12-3-5-15(6-4-12)29(26,27)25-11-17(16-8-14(21)10-23-19(16)25)13-7-18(22)20(28-2)24-9-13/h3-11H,22H2,1-2H3. The van der Waals surface area contributed by atoms with Crippen molar-refractivity contribution in [2.75, 3.05) is 12.8 Å². The SMILES string of the molecule is COc1ncc(-c2cn(S(=O)(=O)c3ccc(C)cc3)c3ncc(Br)cc23)cc1N. The zero-order chi connectivity index (χ0) is 20.8. The molecule has 3 heterocycles. The summed E-state index contributed by atoms with van der Waals surface area (Å²) in [4.78, 5) is 8.74. The zero-order valence-electron chi connectivity index (χ0n) is 15.6. The van der Waals surface area contributed by atoms with Crippen LogP contribution < -0.4 is 10.5 Å². The van der Waals surface area contributed by atoms with Crippen molar-refractivity contribution in [3.63, 3.8) is 0 Å². The first-order valence-electron chi connectivity index (χ1n) is 8.60. The lowest BCUT2D eigenvalue weighted by Crippen LogP contribution is -2.12. The molecule has 0 unspecified atom stereocenters. The Balaban J connectivity index is 1.98. The second-order valence-corrected chi connectivity index (χ2v) is 9.23. The Morgan fingerprint density at radius 3 is 2.48 bits per heavy atom. The number of aryl methyl sites for hydroxylation is 1. The summed E-state index contributed by atoms with van der Waals surface area (Å²) in [5.41, 5.74) is 8.96. The molecule has 4 aromatic rings. The summed E-state index contributed by atoms with van der Waals surface area (Å²) in [6.07, 6.45) is 4.70. The Morgan fingerprint density at radius 1 is 1.10 bits per heavy atom.